The fourth-order valence-electron chi connectivity index (χ4n) is 2.87. The lowest BCUT2D eigenvalue weighted by Crippen LogP contribution is -2.45. The van der Waals surface area contributed by atoms with E-state index in [9.17, 15) is 20.0 Å². The van der Waals surface area contributed by atoms with E-state index in [0.29, 0.717) is 12.0 Å². The molecule has 2 saturated heterocycles. The van der Waals surface area contributed by atoms with E-state index in [1.165, 1.54) is 24.3 Å². The van der Waals surface area contributed by atoms with E-state index in [-0.39, 0.29) is 17.6 Å². The Morgan fingerprint density at radius 1 is 1.37 bits per heavy atom. The molecule has 0 aromatic heterocycles. The number of hydrogen-bond donors (Lipinski definition) is 1. The van der Waals surface area contributed by atoms with Crippen LogP contribution in [0.3, 0.4) is 0 Å². The van der Waals surface area contributed by atoms with Crippen LogP contribution in [-0.2, 0) is 4.79 Å². The number of nitro groups is 1. The summed E-state index contributed by atoms with van der Waals surface area (Å²) in [6, 6.07) is 6.03. The predicted molar refractivity (Wildman–Crippen MR) is 66.3 cm³/mol. The van der Waals surface area contributed by atoms with Crippen molar-refractivity contribution in [3.63, 3.8) is 0 Å². The maximum Gasteiger partial charge on any atom is 0.269 e. The van der Waals surface area contributed by atoms with Gasteiger partial charge in [0.15, 0.2) is 0 Å². The largest absolute Gasteiger partial charge is 0.388 e. The Balaban J connectivity index is 1.78. The van der Waals surface area contributed by atoms with Gasteiger partial charge in [0.2, 0.25) is 5.91 Å². The first-order chi connectivity index (χ1) is 9.08. The maximum atomic E-state index is 12.0. The van der Waals surface area contributed by atoms with Gasteiger partial charge in [-0.25, -0.2) is 0 Å². The zero-order chi connectivity index (χ0) is 13.6. The molecular weight excluding hydrogens is 248 g/mol. The fourth-order valence-corrected chi connectivity index (χ4v) is 2.87. The van der Waals surface area contributed by atoms with E-state index >= 15 is 0 Å². The molecule has 0 saturated carbocycles. The standard InChI is InChI=1S/C13H14N2O4/c16-12(8-1-3-9(4-2-8)15(18)19)11-7-10-5-6-14(10)13(11)17/h1-4,10-12,16H,5-7H2/t10-,11+,12-/m0/s1. The predicted octanol–water partition coefficient (Wildman–Crippen LogP) is 1.25. The lowest BCUT2D eigenvalue weighted by atomic mass is 9.92. The monoisotopic (exact) mass is 262 g/mol. The lowest BCUT2D eigenvalue weighted by Gasteiger charge is -2.34. The minimum Gasteiger partial charge on any atom is -0.388 e. The molecule has 1 N–H and O–H groups in total. The van der Waals surface area contributed by atoms with Gasteiger partial charge in [0, 0.05) is 24.7 Å². The van der Waals surface area contributed by atoms with Gasteiger partial charge in [-0.15, -0.1) is 0 Å². The Labute approximate surface area is 109 Å². The first kappa shape index (κ1) is 12.1. The highest BCUT2D eigenvalue weighted by Crippen LogP contribution is 2.40. The van der Waals surface area contributed by atoms with Crippen molar-refractivity contribution in [3.8, 4) is 0 Å². The van der Waals surface area contributed by atoms with Crippen molar-refractivity contribution in [1.29, 1.82) is 0 Å². The second-order valence-electron chi connectivity index (χ2n) is 5.11. The smallest absolute Gasteiger partial charge is 0.269 e. The number of rotatable bonds is 3. The molecule has 6 heteroatoms. The van der Waals surface area contributed by atoms with Crippen LogP contribution in [-0.4, -0.2) is 33.4 Å². The Morgan fingerprint density at radius 2 is 2.05 bits per heavy atom. The first-order valence-corrected chi connectivity index (χ1v) is 6.31. The van der Waals surface area contributed by atoms with Crippen molar-refractivity contribution >= 4 is 11.6 Å². The molecule has 0 radical (unpaired) electrons. The highest BCUT2D eigenvalue weighted by atomic mass is 16.6. The fraction of sp³-hybridized carbons (Fsp3) is 0.462. The van der Waals surface area contributed by atoms with Crippen molar-refractivity contribution in [3.05, 3.63) is 39.9 Å². The number of amides is 1. The van der Waals surface area contributed by atoms with Gasteiger partial charge in [0.1, 0.15) is 0 Å². The number of non-ortho nitro benzene ring substituents is 1. The summed E-state index contributed by atoms with van der Waals surface area (Å²) >= 11 is 0. The average molecular weight is 262 g/mol. The Kier molecular flexibility index (Phi) is 2.74. The number of carbonyl (C=O) groups is 1. The van der Waals surface area contributed by atoms with Gasteiger partial charge >= 0.3 is 0 Å². The second-order valence-corrected chi connectivity index (χ2v) is 5.11. The number of carbonyl (C=O) groups excluding carboxylic acids is 1. The summed E-state index contributed by atoms with van der Waals surface area (Å²) in [6.07, 6.45) is 0.811. The highest BCUT2D eigenvalue weighted by Gasteiger charge is 2.47. The van der Waals surface area contributed by atoms with Crippen LogP contribution >= 0.6 is 0 Å². The summed E-state index contributed by atoms with van der Waals surface area (Å²) in [4.78, 5) is 23.9. The Morgan fingerprint density at radius 3 is 2.47 bits per heavy atom. The van der Waals surface area contributed by atoms with Gasteiger partial charge in [-0.1, -0.05) is 0 Å². The molecule has 0 spiro atoms. The third kappa shape index (κ3) is 1.88. The van der Waals surface area contributed by atoms with Crippen molar-refractivity contribution in [1.82, 2.24) is 4.90 Å². The first-order valence-electron chi connectivity index (χ1n) is 6.31. The van der Waals surface area contributed by atoms with Gasteiger partial charge in [0.25, 0.3) is 5.69 Å². The summed E-state index contributed by atoms with van der Waals surface area (Å²) in [5.41, 5.74) is 0.545. The molecule has 2 aliphatic rings. The molecule has 0 unspecified atom stereocenters. The normalized spacial score (nSPS) is 26.8. The van der Waals surface area contributed by atoms with E-state index in [4.69, 9.17) is 0 Å². The number of hydrogen-bond acceptors (Lipinski definition) is 4. The van der Waals surface area contributed by atoms with Gasteiger partial charge in [-0.3, -0.25) is 14.9 Å². The van der Waals surface area contributed by atoms with E-state index in [1.54, 1.807) is 4.90 Å². The molecule has 1 aromatic rings. The molecule has 1 amide bonds. The molecule has 100 valence electrons. The van der Waals surface area contributed by atoms with E-state index in [1.807, 2.05) is 0 Å². The van der Waals surface area contributed by atoms with E-state index < -0.39 is 16.9 Å². The minimum absolute atomic E-state index is 0.00195. The number of nitro benzene ring substituents is 1. The van der Waals surface area contributed by atoms with Gasteiger partial charge in [-0.05, 0) is 30.5 Å². The number of nitrogens with zero attached hydrogens (tertiary/aromatic N) is 2. The topological polar surface area (TPSA) is 83.7 Å². The van der Waals surface area contributed by atoms with Crippen molar-refractivity contribution in [2.24, 2.45) is 5.92 Å². The average Bonchev–Trinajstić information content (AvgIpc) is 2.58. The molecule has 0 aliphatic carbocycles. The third-order valence-electron chi connectivity index (χ3n) is 4.10. The zero-order valence-corrected chi connectivity index (χ0v) is 10.2. The van der Waals surface area contributed by atoms with Crippen molar-refractivity contribution in [2.75, 3.05) is 6.54 Å². The minimum atomic E-state index is -0.876. The van der Waals surface area contributed by atoms with Crippen LogP contribution in [0, 0.1) is 16.0 Å². The number of benzene rings is 1. The van der Waals surface area contributed by atoms with Crippen LogP contribution in [0.15, 0.2) is 24.3 Å². The molecule has 6 nitrogen and oxygen atoms in total. The van der Waals surface area contributed by atoms with Gasteiger partial charge in [-0.2, -0.15) is 0 Å². The van der Waals surface area contributed by atoms with Gasteiger partial charge in [0.05, 0.1) is 16.9 Å². The molecular formula is C13H14N2O4. The summed E-state index contributed by atoms with van der Waals surface area (Å²) in [5, 5.41) is 20.8. The van der Waals surface area contributed by atoms with Crippen LogP contribution in [0.25, 0.3) is 0 Å². The SMILES string of the molecule is O=C1[C@@H]([C@@H](O)c2ccc([N+](=O)[O-])cc2)C[C@@H]2CCN12. The zero-order valence-electron chi connectivity index (χ0n) is 10.2. The molecule has 0 bridgehead atoms. The van der Waals surface area contributed by atoms with Crippen molar-refractivity contribution in [2.45, 2.75) is 25.0 Å². The summed E-state index contributed by atoms with van der Waals surface area (Å²) < 4.78 is 0. The van der Waals surface area contributed by atoms with Crippen LogP contribution < -0.4 is 0 Å². The molecule has 3 rings (SSSR count). The third-order valence-corrected chi connectivity index (χ3v) is 4.10. The summed E-state index contributed by atoms with van der Waals surface area (Å²) in [6.45, 7) is 0.785. The summed E-state index contributed by atoms with van der Waals surface area (Å²) in [7, 11) is 0. The van der Waals surface area contributed by atoms with Gasteiger partial charge < -0.3 is 10.0 Å². The molecule has 2 fully saturated rings. The second kappa shape index (κ2) is 4.31. The quantitative estimate of drug-likeness (QED) is 0.656. The van der Waals surface area contributed by atoms with Crippen LogP contribution in [0.1, 0.15) is 24.5 Å². The lowest BCUT2D eigenvalue weighted by molar-refractivity contribution is -0.384. The van der Waals surface area contributed by atoms with E-state index in [2.05, 4.69) is 0 Å². The van der Waals surface area contributed by atoms with Crippen LogP contribution in [0.2, 0.25) is 0 Å². The number of aliphatic hydroxyl groups excluding tert-OH is 1. The van der Waals surface area contributed by atoms with Crippen LogP contribution in [0.4, 0.5) is 5.69 Å². The maximum absolute atomic E-state index is 12.0. The van der Waals surface area contributed by atoms with Crippen LogP contribution in [0.5, 0.6) is 0 Å². The molecule has 2 aliphatic heterocycles. The Hall–Kier alpha value is -1.95. The number of fused-ring (bicyclic) bond motifs is 1. The molecule has 2 heterocycles. The molecule has 1 aromatic carbocycles. The molecule has 3 atom stereocenters. The number of aliphatic hydroxyl groups is 1. The van der Waals surface area contributed by atoms with Crippen molar-refractivity contribution < 1.29 is 14.8 Å². The molecule has 19 heavy (non-hydrogen) atoms. The Bertz CT molecular complexity index is 528. The summed E-state index contributed by atoms with van der Waals surface area (Å²) in [5.74, 6) is -0.406. The van der Waals surface area contributed by atoms with E-state index in [0.717, 1.165) is 13.0 Å². The highest BCUT2D eigenvalue weighted by molar-refractivity contribution is 5.83.